The van der Waals surface area contributed by atoms with Crippen LogP contribution in [0.1, 0.15) is 0 Å². The zero-order valence-electron chi connectivity index (χ0n) is 9.61. The van der Waals surface area contributed by atoms with Crippen LogP contribution in [0.3, 0.4) is 0 Å². The Morgan fingerprint density at radius 2 is 2.00 bits per heavy atom. The van der Waals surface area contributed by atoms with E-state index in [1.807, 2.05) is 18.2 Å². The fourth-order valence-corrected chi connectivity index (χ4v) is 1.47. The molecule has 3 rings (SSSR count). The van der Waals surface area contributed by atoms with Gasteiger partial charge in [-0.15, -0.1) is 0 Å². The molecule has 94 valence electrons. The lowest BCUT2D eigenvalue weighted by atomic mass is 10.3. The molecule has 0 aliphatic heterocycles. The monoisotopic (exact) mass is 256 g/mol. The van der Waals surface area contributed by atoms with Crippen molar-refractivity contribution >= 4 is 0 Å². The normalized spacial score (nSPS) is 10.3. The highest BCUT2D eigenvalue weighted by atomic mass is 16.5. The van der Waals surface area contributed by atoms with E-state index in [1.165, 1.54) is 6.33 Å². The molecule has 0 spiro atoms. The zero-order chi connectivity index (χ0) is 13.1. The van der Waals surface area contributed by atoms with Crippen molar-refractivity contribution in [1.82, 2.24) is 20.1 Å². The molecular weight excluding hydrogens is 248 g/mol. The van der Waals surface area contributed by atoms with E-state index in [-0.39, 0.29) is 5.82 Å². The molecule has 0 amide bonds. The second kappa shape index (κ2) is 4.73. The fourth-order valence-electron chi connectivity index (χ4n) is 1.47. The van der Waals surface area contributed by atoms with E-state index in [4.69, 9.17) is 4.74 Å². The van der Waals surface area contributed by atoms with Gasteiger partial charge in [0.1, 0.15) is 17.8 Å². The van der Waals surface area contributed by atoms with Crippen LogP contribution in [-0.2, 0) is 0 Å². The lowest BCUT2D eigenvalue weighted by Gasteiger charge is -2.04. The van der Waals surface area contributed by atoms with E-state index in [0.717, 1.165) is 0 Å². The lowest BCUT2D eigenvalue weighted by molar-refractivity contribution is 0.387. The van der Waals surface area contributed by atoms with Crippen LogP contribution < -0.4 is 10.5 Å². The number of ether oxygens (including phenoxy) is 1. The molecule has 0 atom stereocenters. The summed E-state index contributed by atoms with van der Waals surface area (Å²) in [7, 11) is 0. The Morgan fingerprint density at radius 1 is 1.16 bits per heavy atom. The molecule has 0 aliphatic rings. The van der Waals surface area contributed by atoms with E-state index < -0.39 is 5.76 Å². The average Bonchev–Trinajstić information content (AvgIpc) is 2.87. The highest BCUT2D eigenvalue weighted by Gasteiger charge is 2.08. The Labute approximate surface area is 106 Å². The van der Waals surface area contributed by atoms with Gasteiger partial charge >= 0.3 is 5.76 Å². The Hall–Kier alpha value is -2.96. The summed E-state index contributed by atoms with van der Waals surface area (Å²) in [5.41, 5.74) is 0.409. The standard InChI is InChI=1S/C12H8N4O3/c17-12-15-11(16-19-12)9-6-10(14-7-13-9)18-8-4-2-1-3-5-8/h1-7H,(H,15,16,17). The van der Waals surface area contributed by atoms with Gasteiger partial charge < -0.3 is 4.74 Å². The van der Waals surface area contributed by atoms with Crippen molar-refractivity contribution in [1.29, 1.82) is 0 Å². The molecule has 3 aromatic rings. The summed E-state index contributed by atoms with van der Waals surface area (Å²) in [5.74, 6) is 0.588. The quantitative estimate of drug-likeness (QED) is 0.765. The van der Waals surface area contributed by atoms with E-state index in [1.54, 1.807) is 18.2 Å². The van der Waals surface area contributed by atoms with Gasteiger partial charge in [-0.05, 0) is 12.1 Å². The number of para-hydroxylation sites is 1. The predicted molar refractivity (Wildman–Crippen MR) is 64.7 cm³/mol. The van der Waals surface area contributed by atoms with Crippen LogP contribution in [0, 0.1) is 0 Å². The lowest BCUT2D eigenvalue weighted by Crippen LogP contribution is -1.96. The molecule has 0 saturated carbocycles. The minimum atomic E-state index is -0.640. The third kappa shape index (κ3) is 2.49. The maximum absolute atomic E-state index is 10.9. The minimum Gasteiger partial charge on any atom is -0.439 e. The number of hydrogen-bond donors (Lipinski definition) is 1. The number of aromatic nitrogens is 4. The van der Waals surface area contributed by atoms with Gasteiger partial charge in [0.05, 0.1) is 0 Å². The van der Waals surface area contributed by atoms with Gasteiger partial charge in [-0.25, -0.2) is 14.8 Å². The van der Waals surface area contributed by atoms with Gasteiger partial charge in [0, 0.05) is 6.07 Å². The first-order valence-corrected chi connectivity index (χ1v) is 5.42. The maximum atomic E-state index is 10.9. The highest BCUT2D eigenvalue weighted by molar-refractivity contribution is 5.49. The molecular formula is C12H8N4O3. The first-order chi connectivity index (χ1) is 9.31. The van der Waals surface area contributed by atoms with Gasteiger partial charge in [0.2, 0.25) is 11.7 Å². The van der Waals surface area contributed by atoms with Crippen molar-refractivity contribution in [2.75, 3.05) is 0 Å². The van der Waals surface area contributed by atoms with Crippen molar-refractivity contribution < 1.29 is 9.26 Å². The minimum absolute atomic E-state index is 0.227. The molecule has 1 aromatic carbocycles. The van der Waals surface area contributed by atoms with E-state index in [9.17, 15) is 4.79 Å². The number of benzene rings is 1. The second-order valence-electron chi connectivity index (χ2n) is 3.60. The maximum Gasteiger partial charge on any atom is 0.439 e. The average molecular weight is 256 g/mol. The van der Waals surface area contributed by atoms with Crippen LogP contribution >= 0.6 is 0 Å². The van der Waals surface area contributed by atoms with Gasteiger partial charge in [0.15, 0.2) is 0 Å². The Bertz CT molecular complexity index is 736. The van der Waals surface area contributed by atoms with Crippen LogP contribution in [0.5, 0.6) is 11.6 Å². The first-order valence-electron chi connectivity index (χ1n) is 5.42. The summed E-state index contributed by atoms with van der Waals surface area (Å²) in [6.07, 6.45) is 1.32. The van der Waals surface area contributed by atoms with Gasteiger partial charge in [0.25, 0.3) is 0 Å². The third-order valence-corrected chi connectivity index (χ3v) is 2.29. The molecule has 7 nitrogen and oxygen atoms in total. The van der Waals surface area contributed by atoms with E-state index in [0.29, 0.717) is 17.3 Å². The largest absolute Gasteiger partial charge is 0.439 e. The Kier molecular flexibility index (Phi) is 2.77. The molecule has 0 bridgehead atoms. The molecule has 2 heterocycles. The number of nitrogens with one attached hydrogen (secondary N) is 1. The first kappa shape index (κ1) is 11.1. The van der Waals surface area contributed by atoms with E-state index >= 15 is 0 Å². The third-order valence-electron chi connectivity index (χ3n) is 2.29. The number of nitrogens with zero attached hydrogens (tertiary/aromatic N) is 3. The molecule has 19 heavy (non-hydrogen) atoms. The number of hydrogen-bond acceptors (Lipinski definition) is 6. The zero-order valence-corrected chi connectivity index (χ0v) is 9.61. The van der Waals surface area contributed by atoms with Crippen LogP contribution in [0.15, 0.2) is 52.0 Å². The molecule has 0 radical (unpaired) electrons. The number of rotatable bonds is 3. The van der Waals surface area contributed by atoms with Crippen molar-refractivity contribution in [2.45, 2.75) is 0 Å². The van der Waals surface area contributed by atoms with Crippen molar-refractivity contribution in [3.05, 3.63) is 53.3 Å². The number of H-pyrrole nitrogens is 1. The van der Waals surface area contributed by atoms with Crippen molar-refractivity contribution in [2.24, 2.45) is 0 Å². The SMILES string of the molecule is O=c1[nH]c(-c2cc(Oc3ccccc3)ncn2)no1. The Balaban J connectivity index is 1.90. The van der Waals surface area contributed by atoms with Crippen molar-refractivity contribution in [3.63, 3.8) is 0 Å². The molecule has 1 N–H and O–H groups in total. The molecule has 2 aromatic heterocycles. The van der Waals surface area contributed by atoms with Gasteiger partial charge in [-0.3, -0.25) is 9.51 Å². The molecule has 0 aliphatic carbocycles. The summed E-state index contributed by atoms with van der Waals surface area (Å²) in [5, 5.41) is 3.55. The van der Waals surface area contributed by atoms with E-state index in [2.05, 4.69) is 24.6 Å². The summed E-state index contributed by atoms with van der Waals surface area (Å²) in [6, 6.07) is 10.8. The summed E-state index contributed by atoms with van der Waals surface area (Å²) in [4.78, 5) is 21.2. The molecule has 0 unspecified atom stereocenters. The molecule has 7 heteroatoms. The fraction of sp³-hybridized carbons (Fsp3) is 0. The second-order valence-corrected chi connectivity index (χ2v) is 3.60. The van der Waals surface area contributed by atoms with Crippen LogP contribution in [0.4, 0.5) is 0 Å². The predicted octanol–water partition coefficient (Wildman–Crippen LogP) is 1.61. The summed E-state index contributed by atoms with van der Waals surface area (Å²) < 4.78 is 9.96. The van der Waals surface area contributed by atoms with Crippen LogP contribution in [0.25, 0.3) is 11.5 Å². The summed E-state index contributed by atoms with van der Waals surface area (Å²) in [6.45, 7) is 0. The molecule has 0 fully saturated rings. The highest BCUT2D eigenvalue weighted by Crippen LogP contribution is 2.21. The number of aromatic amines is 1. The van der Waals surface area contributed by atoms with Crippen LogP contribution in [0.2, 0.25) is 0 Å². The van der Waals surface area contributed by atoms with Gasteiger partial charge in [-0.2, -0.15) is 0 Å². The topological polar surface area (TPSA) is 93.9 Å². The summed E-state index contributed by atoms with van der Waals surface area (Å²) >= 11 is 0. The van der Waals surface area contributed by atoms with Crippen molar-refractivity contribution in [3.8, 4) is 23.1 Å². The smallest absolute Gasteiger partial charge is 0.439 e. The van der Waals surface area contributed by atoms with Crippen LogP contribution in [-0.4, -0.2) is 20.1 Å². The molecule has 0 saturated heterocycles. The Morgan fingerprint density at radius 3 is 2.74 bits per heavy atom. The van der Waals surface area contributed by atoms with Gasteiger partial charge in [-0.1, -0.05) is 23.4 Å².